The third kappa shape index (κ3) is 5.25. The van der Waals surface area contributed by atoms with Crippen LogP contribution in [-0.4, -0.2) is 38.2 Å². The average Bonchev–Trinajstić information content (AvgIpc) is 3.20. The molecule has 2 aromatic rings. The van der Waals surface area contributed by atoms with E-state index in [0.717, 1.165) is 25.9 Å². The molecule has 0 bridgehead atoms. The van der Waals surface area contributed by atoms with Crippen LogP contribution in [-0.2, 0) is 4.79 Å². The van der Waals surface area contributed by atoms with Crippen molar-refractivity contribution in [3.05, 3.63) is 47.8 Å². The summed E-state index contributed by atoms with van der Waals surface area (Å²) in [5.74, 6) is -0.134. The Balaban J connectivity index is 1.31. The number of nitrogens with zero attached hydrogens (tertiary/aromatic N) is 1. The Kier molecular flexibility index (Phi) is 6.54. The molecule has 8 heteroatoms. The van der Waals surface area contributed by atoms with Crippen LogP contribution >= 0.6 is 0 Å². The Morgan fingerprint density at radius 2 is 1.68 bits per heavy atom. The lowest BCUT2D eigenvalue weighted by molar-refractivity contribution is -0.115. The van der Waals surface area contributed by atoms with Gasteiger partial charge in [-0.2, -0.15) is 0 Å². The van der Waals surface area contributed by atoms with E-state index in [1.807, 2.05) is 0 Å². The highest BCUT2D eigenvalue weighted by Crippen LogP contribution is 2.32. The van der Waals surface area contributed by atoms with Gasteiger partial charge in [0.25, 0.3) is 5.91 Å². The minimum atomic E-state index is -0.437. The molecule has 0 aliphatic carbocycles. The zero-order chi connectivity index (χ0) is 21.6. The second-order valence-corrected chi connectivity index (χ2v) is 7.72. The summed E-state index contributed by atoms with van der Waals surface area (Å²) in [4.78, 5) is 26.6. The summed E-state index contributed by atoms with van der Waals surface area (Å²) in [7, 11) is 0. The van der Waals surface area contributed by atoms with Gasteiger partial charge in [-0.25, -0.2) is 4.39 Å². The molecular formula is C23H26FN3O4. The summed E-state index contributed by atoms with van der Waals surface area (Å²) in [6, 6.07) is 9.53. The maximum atomic E-state index is 14.7. The lowest BCUT2D eigenvalue weighted by Crippen LogP contribution is -2.33. The Morgan fingerprint density at radius 1 is 0.935 bits per heavy atom. The molecular weight excluding hydrogens is 401 g/mol. The summed E-state index contributed by atoms with van der Waals surface area (Å²) >= 11 is 0. The molecule has 0 aromatic heterocycles. The number of halogens is 1. The van der Waals surface area contributed by atoms with Crippen LogP contribution in [0, 0.1) is 5.82 Å². The van der Waals surface area contributed by atoms with E-state index in [-0.39, 0.29) is 19.2 Å². The maximum absolute atomic E-state index is 14.7. The number of carbonyl (C=O) groups excluding carboxylic acids is 2. The first-order valence-electron chi connectivity index (χ1n) is 10.6. The van der Waals surface area contributed by atoms with Crippen molar-refractivity contribution in [2.24, 2.45) is 0 Å². The second kappa shape index (κ2) is 9.68. The highest BCUT2D eigenvalue weighted by atomic mass is 19.1. The summed E-state index contributed by atoms with van der Waals surface area (Å²) in [5.41, 5.74) is 1.28. The molecule has 0 unspecified atom stereocenters. The van der Waals surface area contributed by atoms with Crippen molar-refractivity contribution >= 4 is 23.2 Å². The lowest BCUT2D eigenvalue weighted by atomic mass is 10.1. The van der Waals surface area contributed by atoms with Crippen LogP contribution in [0.5, 0.6) is 11.5 Å². The number of carbonyl (C=O) groups is 2. The van der Waals surface area contributed by atoms with Crippen LogP contribution in [0.15, 0.2) is 36.4 Å². The van der Waals surface area contributed by atoms with Gasteiger partial charge in [-0.3, -0.25) is 9.59 Å². The molecule has 31 heavy (non-hydrogen) atoms. The van der Waals surface area contributed by atoms with E-state index in [2.05, 4.69) is 15.5 Å². The van der Waals surface area contributed by atoms with Crippen LogP contribution < -0.4 is 25.0 Å². The van der Waals surface area contributed by atoms with Gasteiger partial charge in [0, 0.05) is 24.3 Å². The molecule has 4 rings (SSSR count). The minimum absolute atomic E-state index is 0.121. The zero-order valence-electron chi connectivity index (χ0n) is 17.3. The summed E-state index contributed by atoms with van der Waals surface area (Å²) < 4.78 is 25.1. The minimum Gasteiger partial charge on any atom is -0.454 e. The Labute approximate surface area is 180 Å². The first-order chi connectivity index (χ1) is 15.1. The smallest absolute Gasteiger partial charge is 0.251 e. The summed E-state index contributed by atoms with van der Waals surface area (Å²) in [6.45, 7) is 1.57. The summed E-state index contributed by atoms with van der Waals surface area (Å²) in [5, 5.41) is 5.18. The lowest BCUT2D eigenvalue weighted by Gasteiger charge is -2.27. The van der Waals surface area contributed by atoms with Gasteiger partial charge in [0.1, 0.15) is 5.82 Å². The predicted octanol–water partition coefficient (Wildman–Crippen LogP) is 3.69. The van der Waals surface area contributed by atoms with Gasteiger partial charge < -0.3 is 25.0 Å². The first-order valence-corrected chi connectivity index (χ1v) is 10.6. The van der Waals surface area contributed by atoms with E-state index in [4.69, 9.17) is 9.47 Å². The van der Waals surface area contributed by atoms with E-state index in [0.29, 0.717) is 28.4 Å². The monoisotopic (exact) mass is 427 g/mol. The number of hydrogen-bond donors (Lipinski definition) is 2. The molecule has 7 nitrogen and oxygen atoms in total. The number of fused-ring (bicyclic) bond motifs is 1. The fourth-order valence-corrected chi connectivity index (χ4v) is 3.84. The van der Waals surface area contributed by atoms with E-state index in [9.17, 15) is 14.0 Å². The van der Waals surface area contributed by atoms with Crippen molar-refractivity contribution in [1.82, 2.24) is 5.32 Å². The van der Waals surface area contributed by atoms with Crippen LogP contribution in [0.1, 0.15) is 42.5 Å². The van der Waals surface area contributed by atoms with Gasteiger partial charge >= 0.3 is 0 Å². The second-order valence-electron chi connectivity index (χ2n) is 7.72. The Hall–Kier alpha value is -3.29. The molecule has 1 saturated heterocycles. The Morgan fingerprint density at radius 3 is 2.45 bits per heavy atom. The van der Waals surface area contributed by atoms with Gasteiger partial charge in [-0.05, 0) is 49.2 Å². The van der Waals surface area contributed by atoms with Gasteiger partial charge in [0.15, 0.2) is 11.5 Å². The third-order valence-corrected chi connectivity index (χ3v) is 5.47. The average molecular weight is 427 g/mol. The van der Waals surface area contributed by atoms with Crippen molar-refractivity contribution in [3.8, 4) is 11.5 Å². The SMILES string of the molecule is O=C(CNC(=O)c1ccc2c(c1)OCO2)Nc1ccc(N2CCCCCCC2)c(F)c1. The highest BCUT2D eigenvalue weighted by molar-refractivity contribution is 5.99. The molecule has 0 atom stereocenters. The standard InChI is InChI=1S/C23H26FN3O4/c24-18-13-17(7-8-19(18)27-10-4-2-1-3-5-11-27)26-22(28)14-25-23(29)16-6-9-20-21(12-16)31-15-30-20/h6-9,12-13H,1-5,10-11,14-15H2,(H,25,29)(H,26,28). The molecule has 2 aromatic carbocycles. The number of amides is 2. The maximum Gasteiger partial charge on any atom is 0.251 e. The number of rotatable bonds is 5. The molecule has 2 aliphatic rings. The van der Waals surface area contributed by atoms with Crippen molar-refractivity contribution in [2.75, 3.05) is 36.6 Å². The van der Waals surface area contributed by atoms with Crippen LogP contribution in [0.25, 0.3) is 0 Å². The Bertz CT molecular complexity index is 958. The molecule has 0 saturated carbocycles. The molecule has 0 spiro atoms. The van der Waals surface area contributed by atoms with Crippen molar-refractivity contribution in [2.45, 2.75) is 32.1 Å². The van der Waals surface area contributed by atoms with Crippen molar-refractivity contribution < 1.29 is 23.5 Å². The van der Waals surface area contributed by atoms with E-state index < -0.39 is 11.8 Å². The van der Waals surface area contributed by atoms with Crippen LogP contribution in [0.3, 0.4) is 0 Å². The van der Waals surface area contributed by atoms with Crippen molar-refractivity contribution in [3.63, 3.8) is 0 Å². The topological polar surface area (TPSA) is 79.9 Å². The number of nitrogens with one attached hydrogen (secondary N) is 2. The molecule has 2 heterocycles. The van der Waals surface area contributed by atoms with Gasteiger partial charge in [0.05, 0.1) is 12.2 Å². The zero-order valence-corrected chi connectivity index (χ0v) is 17.3. The fourth-order valence-electron chi connectivity index (χ4n) is 3.84. The molecule has 2 amide bonds. The highest BCUT2D eigenvalue weighted by Gasteiger charge is 2.17. The van der Waals surface area contributed by atoms with E-state index in [1.54, 1.807) is 30.3 Å². The quantitative estimate of drug-likeness (QED) is 0.761. The molecule has 164 valence electrons. The summed E-state index contributed by atoms with van der Waals surface area (Å²) in [6.07, 6.45) is 5.70. The normalized spacial score (nSPS) is 15.7. The van der Waals surface area contributed by atoms with Gasteiger partial charge in [-0.15, -0.1) is 0 Å². The molecule has 2 aliphatic heterocycles. The van der Waals surface area contributed by atoms with E-state index >= 15 is 0 Å². The molecule has 1 fully saturated rings. The number of hydrogen-bond acceptors (Lipinski definition) is 5. The number of ether oxygens (including phenoxy) is 2. The van der Waals surface area contributed by atoms with Gasteiger partial charge in [-0.1, -0.05) is 19.3 Å². The number of benzene rings is 2. The van der Waals surface area contributed by atoms with Crippen LogP contribution in [0.4, 0.5) is 15.8 Å². The van der Waals surface area contributed by atoms with E-state index in [1.165, 1.54) is 25.3 Å². The fraction of sp³-hybridized carbons (Fsp3) is 0.391. The molecule has 0 radical (unpaired) electrons. The largest absolute Gasteiger partial charge is 0.454 e. The first kappa shape index (κ1) is 21.0. The molecule has 2 N–H and O–H groups in total. The van der Waals surface area contributed by atoms with Crippen LogP contribution in [0.2, 0.25) is 0 Å². The number of anilines is 2. The predicted molar refractivity (Wildman–Crippen MR) is 115 cm³/mol. The third-order valence-electron chi connectivity index (χ3n) is 5.47. The van der Waals surface area contributed by atoms with Crippen molar-refractivity contribution in [1.29, 1.82) is 0 Å². The van der Waals surface area contributed by atoms with Gasteiger partial charge in [0.2, 0.25) is 12.7 Å².